The van der Waals surface area contributed by atoms with E-state index in [0.29, 0.717) is 24.7 Å². The van der Waals surface area contributed by atoms with Crippen molar-refractivity contribution in [1.29, 1.82) is 0 Å². The molecule has 144 valence electrons. The summed E-state index contributed by atoms with van der Waals surface area (Å²) in [5.41, 5.74) is 0.234. The van der Waals surface area contributed by atoms with Gasteiger partial charge in [-0.15, -0.1) is 0 Å². The van der Waals surface area contributed by atoms with Crippen molar-refractivity contribution in [2.24, 2.45) is 0 Å². The summed E-state index contributed by atoms with van der Waals surface area (Å²) in [6, 6.07) is 10.4. The molecule has 0 fully saturated rings. The third-order valence-corrected chi connectivity index (χ3v) is 3.56. The lowest BCUT2D eigenvalue weighted by molar-refractivity contribution is -0.123. The van der Waals surface area contributed by atoms with Crippen LogP contribution in [0, 0.1) is 5.82 Å². The largest absolute Gasteiger partial charge is 0.490 e. The maximum atomic E-state index is 13.6. The minimum Gasteiger partial charge on any atom is -0.490 e. The number of ether oxygens (including phenoxy) is 3. The lowest BCUT2D eigenvalue weighted by atomic mass is 10.2. The highest BCUT2D eigenvalue weighted by Gasteiger charge is 2.21. The van der Waals surface area contributed by atoms with Crippen LogP contribution in [-0.2, 0) is 9.53 Å². The first-order chi connectivity index (χ1) is 13.0. The quantitative estimate of drug-likeness (QED) is 0.711. The molecule has 27 heavy (non-hydrogen) atoms. The maximum Gasteiger partial charge on any atom is 0.339 e. The smallest absolute Gasteiger partial charge is 0.339 e. The van der Waals surface area contributed by atoms with Gasteiger partial charge in [-0.1, -0.05) is 12.1 Å². The van der Waals surface area contributed by atoms with E-state index < -0.39 is 23.8 Å². The molecule has 1 atom stereocenters. The van der Waals surface area contributed by atoms with Crippen molar-refractivity contribution in [3.63, 3.8) is 0 Å². The van der Waals surface area contributed by atoms with Crippen LogP contribution in [0.2, 0.25) is 0 Å². The topological polar surface area (TPSA) is 73.9 Å². The standard InChI is InChI=1S/C20H22FNO5/c1-4-25-17-11-10-14(12-18(17)26-5-2)20(24)27-13(3)19(23)22-16-9-7-6-8-15(16)21/h6-13H,4-5H2,1-3H3,(H,22,23). The molecular formula is C20H22FNO5. The number of hydrogen-bond donors (Lipinski definition) is 1. The summed E-state index contributed by atoms with van der Waals surface area (Å²) in [6.45, 7) is 5.92. The summed E-state index contributed by atoms with van der Waals surface area (Å²) in [4.78, 5) is 24.5. The van der Waals surface area contributed by atoms with Crippen LogP contribution >= 0.6 is 0 Å². The van der Waals surface area contributed by atoms with Gasteiger partial charge in [-0.2, -0.15) is 0 Å². The zero-order valence-corrected chi connectivity index (χ0v) is 15.5. The number of anilines is 1. The lowest BCUT2D eigenvalue weighted by Gasteiger charge is -2.15. The number of nitrogens with one attached hydrogen (secondary N) is 1. The molecule has 0 aromatic heterocycles. The van der Waals surface area contributed by atoms with Crippen LogP contribution in [0.5, 0.6) is 11.5 Å². The number of halogens is 1. The Labute approximate surface area is 157 Å². The highest BCUT2D eigenvalue weighted by Crippen LogP contribution is 2.29. The molecule has 2 aromatic carbocycles. The normalized spacial score (nSPS) is 11.4. The second kappa shape index (κ2) is 9.56. The summed E-state index contributed by atoms with van der Waals surface area (Å²) in [5.74, 6) is -0.977. The molecule has 0 saturated heterocycles. The Balaban J connectivity index is 2.06. The predicted molar refractivity (Wildman–Crippen MR) is 98.7 cm³/mol. The second-order valence-corrected chi connectivity index (χ2v) is 5.54. The molecule has 0 aliphatic carbocycles. The highest BCUT2D eigenvalue weighted by molar-refractivity contribution is 5.97. The number of para-hydroxylation sites is 1. The second-order valence-electron chi connectivity index (χ2n) is 5.54. The van der Waals surface area contributed by atoms with E-state index in [0.717, 1.165) is 0 Å². The van der Waals surface area contributed by atoms with E-state index in [9.17, 15) is 14.0 Å². The molecule has 7 heteroatoms. The van der Waals surface area contributed by atoms with Crippen LogP contribution in [-0.4, -0.2) is 31.2 Å². The summed E-state index contributed by atoms with van der Waals surface area (Å²) in [6.07, 6.45) is -1.11. The molecule has 0 bridgehead atoms. The Bertz CT molecular complexity index is 809. The highest BCUT2D eigenvalue weighted by atomic mass is 19.1. The Morgan fingerprint density at radius 2 is 1.70 bits per heavy atom. The third kappa shape index (κ3) is 5.44. The number of rotatable bonds is 8. The van der Waals surface area contributed by atoms with Gasteiger partial charge in [-0.05, 0) is 51.1 Å². The number of benzene rings is 2. The van der Waals surface area contributed by atoms with Gasteiger partial charge in [-0.3, -0.25) is 4.79 Å². The molecule has 0 aliphatic heterocycles. The first kappa shape index (κ1) is 20.2. The molecular weight excluding hydrogens is 353 g/mol. The molecule has 1 N–H and O–H groups in total. The molecule has 6 nitrogen and oxygen atoms in total. The Kier molecular flexibility index (Phi) is 7.16. The molecule has 2 rings (SSSR count). The number of carbonyl (C=O) groups excluding carboxylic acids is 2. The van der Waals surface area contributed by atoms with Crippen LogP contribution in [0.3, 0.4) is 0 Å². The van der Waals surface area contributed by atoms with Crippen molar-refractivity contribution in [2.75, 3.05) is 18.5 Å². The minimum atomic E-state index is -1.11. The molecule has 0 aliphatic rings. The first-order valence-corrected chi connectivity index (χ1v) is 8.62. The number of carbonyl (C=O) groups is 2. The van der Waals surface area contributed by atoms with Gasteiger partial charge in [-0.25, -0.2) is 9.18 Å². The van der Waals surface area contributed by atoms with E-state index in [1.807, 2.05) is 13.8 Å². The molecule has 0 radical (unpaired) electrons. The average Bonchev–Trinajstić information content (AvgIpc) is 2.65. The SMILES string of the molecule is CCOc1ccc(C(=O)OC(C)C(=O)Nc2ccccc2F)cc1OCC. The Morgan fingerprint density at radius 1 is 1.04 bits per heavy atom. The van der Waals surface area contributed by atoms with Crippen LogP contribution in [0.1, 0.15) is 31.1 Å². The summed E-state index contributed by atoms with van der Waals surface area (Å²) in [7, 11) is 0. The summed E-state index contributed by atoms with van der Waals surface area (Å²) in [5, 5.41) is 2.39. The van der Waals surface area contributed by atoms with Gasteiger partial charge in [0.25, 0.3) is 5.91 Å². The van der Waals surface area contributed by atoms with E-state index in [1.165, 1.54) is 37.3 Å². The lowest BCUT2D eigenvalue weighted by Crippen LogP contribution is -2.30. The number of hydrogen-bond acceptors (Lipinski definition) is 5. The third-order valence-electron chi connectivity index (χ3n) is 3.56. The van der Waals surface area contributed by atoms with E-state index >= 15 is 0 Å². The van der Waals surface area contributed by atoms with E-state index in [1.54, 1.807) is 12.1 Å². The monoisotopic (exact) mass is 375 g/mol. The van der Waals surface area contributed by atoms with Gasteiger partial charge in [0, 0.05) is 0 Å². The molecule has 1 unspecified atom stereocenters. The molecule has 2 aromatic rings. The molecule has 0 saturated carbocycles. The van der Waals surface area contributed by atoms with Crippen LogP contribution in [0.25, 0.3) is 0 Å². The maximum absolute atomic E-state index is 13.6. The fraction of sp³-hybridized carbons (Fsp3) is 0.300. The summed E-state index contributed by atoms with van der Waals surface area (Å²) < 4.78 is 29.7. The minimum absolute atomic E-state index is 0.0186. The van der Waals surface area contributed by atoms with Crippen LogP contribution in [0.15, 0.2) is 42.5 Å². The number of esters is 1. The van der Waals surface area contributed by atoms with Crippen molar-refractivity contribution >= 4 is 17.6 Å². The van der Waals surface area contributed by atoms with Crippen molar-refractivity contribution in [3.8, 4) is 11.5 Å². The van der Waals surface area contributed by atoms with Crippen molar-refractivity contribution in [3.05, 3.63) is 53.8 Å². The van der Waals surface area contributed by atoms with Gasteiger partial charge in [0.15, 0.2) is 17.6 Å². The summed E-state index contributed by atoms with van der Waals surface area (Å²) >= 11 is 0. The van der Waals surface area contributed by atoms with Crippen molar-refractivity contribution < 1.29 is 28.2 Å². The van der Waals surface area contributed by atoms with Crippen LogP contribution in [0.4, 0.5) is 10.1 Å². The zero-order chi connectivity index (χ0) is 19.8. The zero-order valence-electron chi connectivity index (χ0n) is 15.5. The van der Waals surface area contributed by atoms with Crippen molar-refractivity contribution in [1.82, 2.24) is 0 Å². The first-order valence-electron chi connectivity index (χ1n) is 8.62. The van der Waals surface area contributed by atoms with E-state index in [-0.39, 0.29) is 11.3 Å². The predicted octanol–water partition coefficient (Wildman–Crippen LogP) is 3.81. The molecule has 1 amide bonds. The van der Waals surface area contributed by atoms with Gasteiger partial charge in [0.1, 0.15) is 5.82 Å². The van der Waals surface area contributed by atoms with Crippen LogP contribution < -0.4 is 14.8 Å². The van der Waals surface area contributed by atoms with Gasteiger partial charge >= 0.3 is 5.97 Å². The van der Waals surface area contributed by atoms with E-state index in [4.69, 9.17) is 14.2 Å². The fourth-order valence-corrected chi connectivity index (χ4v) is 2.26. The number of amides is 1. The molecule has 0 heterocycles. The Hall–Kier alpha value is -3.09. The fourth-order valence-electron chi connectivity index (χ4n) is 2.26. The van der Waals surface area contributed by atoms with Crippen molar-refractivity contribution in [2.45, 2.75) is 26.9 Å². The van der Waals surface area contributed by atoms with Gasteiger partial charge in [0.2, 0.25) is 0 Å². The van der Waals surface area contributed by atoms with Gasteiger partial charge in [0.05, 0.1) is 24.5 Å². The molecule has 0 spiro atoms. The van der Waals surface area contributed by atoms with E-state index in [2.05, 4.69) is 5.32 Å². The van der Waals surface area contributed by atoms with Gasteiger partial charge < -0.3 is 19.5 Å². The average molecular weight is 375 g/mol. The Morgan fingerprint density at radius 3 is 2.37 bits per heavy atom.